The Bertz CT molecular complexity index is 824. The van der Waals surface area contributed by atoms with Crippen LogP contribution in [0, 0.1) is 13.8 Å². The summed E-state index contributed by atoms with van der Waals surface area (Å²) < 4.78 is 10.7. The molecule has 0 saturated heterocycles. The van der Waals surface area contributed by atoms with Crippen molar-refractivity contribution in [2.75, 3.05) is 19.5 Å². The number of aryl methyl sites for hydroxylation is 2. The topological polar surface area (TPSA) is 59.6 Å². The van der Waals surface area contributed by atoms with Gasteiger partial charge in [0.1, 0.15) is 0 Å². The molecule has 26 heavy (non-hydrogen) atoms. The van der Waals surface area contributed by atoms with Crippen molar-refractivity contribution in [1.29, 1.82) is 0 Å². The first-order valence-electron chi connectivity index (χ1n) is 8.47. The van der Waals surface area contributed by atoms with Gasteiger partial charge in [-0.2, -0.15) is 0 Å². The van der Waals surface area contributed by atoms with Gasteiger partial charge < -0.3 is 20.1 Å². The van der Waals surface area contributed by atoms with Crippen molar-refractivity contribution < 1.29 is 14.3 Å². The summed E-state index contributed by atoms with van der Waals surface area (Å²) in [6, 6.07) is 9.28. The molecule has 0 radical (unpaired) electrons. The third-order valence-electron chi connectivity index (χ3n) is 4.71. The molecule has 2 N–H and O–H groups in total. The average molecular weight is 375 g/mol. The van der Waals surface area contributed by atoms with E-state index in [1.165, 1.54) is 0 Å². The van der Waals surface area contributed by atoms with Gasteiger partial charge in [-0.25, -0.2) is 4.79 Å². The van der Waals surface area contributed by atoms with Crippen LogP contribution < -0.4 is 20.1 Å². The van der Waals surface area contributed by atoms with Crippen LogP contribution in [0.2, 0.25) is 5.02 Å². The Hall–Kier alpha value is -2.40. The standard InChI is InChI=1S/C20H23ClN2O3/c1-12-9-13(2)18(15(21)10-12)22-19(24)23-20(7-8-20)14-5-6-16(25-3)17(11-14)26-4/h5-6,9-11H,7-8H2,1-4H3,(H2,22,23,24). The smallest absolute Gasteiger partial charge is 0.319 e. The lowest BCUT2D eigenvalue weighted by Crippen LogP contribution is -2.38. The highest BCUT2D eigenvalue weighted by atomic mass is 35.5. The molecule has 2 amide bonds. The molecule has 2 aromatic carbocycles. The number of rotatable bonds is 5. The second-order valence-electron chi connectivity index (χ2n) is 6.67. The van der Waals surface area contributed by atoms with Crippen LogP contribution in [-0.2, 0) is 5.54 Å². The normalized spacial score (nSPS) is 14.5. The van der Waals surface area contributed by atoms with E-state index < -0.39 is 0 Å². The van der Waals surface area contributed by atoms with Crippen LogP contribution in [0.25, 0.3) is 0 Å². The van der Waals surface area contributed by atoms with Crippen LogP contribution in [-0.4, -0.2) is 20.3 Å². The number of ether oxygens (including phenoxy) is 2. The predicted molar refractivity (Wildman–Crippen MR) is 104 cm³/mol. The molecule has 1 fully saturated rings. The number of carbonyl (C=O) groups excluding carboxylic acids is 1. The third kappa shape index (κ3) is 3.58. The third-order valence-corrected chi connectivity index (χ3v) is 5.01. The Morgan fingerprint density at radius 3 is 2.35 bits per heavy atom. The van der Waals surface area contributed by atoms with Crippen molar-refractivity contribution in [3.63, 3.8) is 0 Å². The van der Waals surface area contributed by atoms with Gasteiger partial charge in [0.05, 0.1) is 30.5 Å². The molecule has 0 atom stereocenters. The Kier molecular flexibility index (Phi) is 5.01. The number of halogens is 1. The van der Waals surface area contributed by atoms with E-state index in [1.54, 1.807) is 14.2 Å². The van der Waals surface area contributed by atoms with Gasteiger partial charge in [0.2, 0.25) is 0 Å². The molecule has 6 heteroatoms. The lowest BCUT2D eigenvalue weighted by Gasteiger charge is -2.21. The number of carbonyl (C=O) groups is 1. The highest BCUT2D eigenvalue weighted by Gasteiger charge is 2.46. The summed E-state index contributed by atoms with van der Waals surface area (Å²) in [5, 5.41) is 6.51. The molecule has 0 bridgehead atoms. The van der Waals surface area contributed by atoms with E-state index in [4.69, 9.17) is 21.1 Å². The number of urea groups is 1. The molecule has 1 aliphatic rings. The molecule has 0 heterocycles. The zero-order chi connectivity index (χ0) is 18.9. The van der Waals surface area contributed by atoms with Gasteiger partial charge in [-0.3, -0.25) is 0 Å². The van der Waals surface area contributed by atoms with Gasteiger partial charge in [-0.1, -0.05) is 23.7 Å². The summed E-state index contributed by atoms with van der Waals surface area (Å²) in [5.74, 6) is 1.31. The second-order valence-corrected chi connectivity index (χ2v) is 7.08. The number of nitrogens with one attached hydrogen (secondary N) is 2. The fourth-order valence-electron chi connectivity index (χ4n) is 3.18. The first-order valence-corrected chi connectivity index (χ1v) is 8.85. The van der Waals surface area contributed by atoms with Crippen LogP contribution in [0.3, 0.4) is 0 Å². The van der Waals surface area contributed by atoms with E-state index in [2.05, 4.69) is 10.6 Å². The van der Waals surface area contributed by atoms with Crippen molar-refractivity contribution >= 4 is 23.3 Å². The highest BCUT2D eigenvalue weighted by Crippen LogP contribution is 2.47. The molecule has 5 nitrogen and oxygen atoms in total. The van der Waals surface area contributed by atoms with Gasteiger partial charge >= 0.3 is 6.03 Å². The molecular weight excluding hydrogens is 352 g/mol. The minimum Gasteiger partial charge on any atom is -0.493 e. The molecule has 2 aromatic rings. The molecule has 0 aromatic heterocycles. The number of methoxy groups -OCH3 is 2. The molecule has 1 saturated carbocycles. The van der Waals surface area contributed by atoms with Gasteiger partial charge in [0, 0.05) is 0 Å². The molecule has 3 rings (SSSR count). The van der Waals surface area contributed by atoms with Gasteiger partial charge in [0.15, 0.2) is 11.5 Å². The number of hydrogen-bond acceptors (Lipinski definition) is 3. The molecular formula is C20H23ClN2O3. The number of amides is 2. The zero-order valence-electron chi connectivity index (χ0n) is 15.4. The maximum atomic E-state index is 12.6. The average Bonchev–Trinajstić information content (AvgIpc) is 3.38. The number of benzene rings is 2. The number of anilines is 1. The lowest BCUT2D eigenvalue weighted by atomic mass is 10.0. The highest BCUT2D eigenvalue weighted by molar-refractivity contribution is 6.34. The summed E-state index contributed by atoms with van der Waals surface area (Å²) in [5.41, 5.74) is 3.24. The Labute approximate surface area is 158 Å². The molecule has 1 aliphatic carbocycles. The summed E-state index contributed by atoms with van der Waals surface area (Å²) in [6.07, 6.45) is 1.74. The van der Waals surface area contributed by atoms with Crippen molar-refractivity contribution in [3.05, 3.63) is 52.0 Å². The van der Waals surface area contributed by atoms with Gasteiger partial charge in [0.25, 0.3) is 0 Å². The fourth-order valence-corrected chi connectivity index (χ4v) is 3.55. The molecule has 0 unspecified atom stereocenters. The summed E-state index contributed by atoms with van der Waals surface area (Å²) >= 11 is 6.28. The Balaban J connectivity index is 1.77. The maximum Gasteiger partial charge on any atom is 0.319 e. The molecule has 138 valence electrons. The Morgan fingerprint density at radius 2 is 1.77 bits per heavy atom. The molecule has 0 spiro atoms. The second kappa shape index (κ2) is 7.08. The van der Waals surface area contributed by atoms with Crippen LogP contribution >= 0.6 is 11.6 Å². The number of hydrogen-bond donors (Lipinski definition) is 2. The van der Waals surface area contributed by atoms with E-state index in [-0.39, 0.29) is 11.6 Å². The quantitative estimate of drug-likeness (QED) is 0.791. The lowest BCUT2D eigenvalue weighted by molar-refractivity contribution is 0.247. The van der Waals surface area contributed by atoms with E-state index in [1.807, 2.05) is 44.2 Å². The van der Waals surface area contributed by atoms with Crippen LogP contribution in [0.1, 0.15) is 29.5 Å². The van der Waals surface area contributed by atoms with Crippen molar-refractivity contribution in [1.82, 2.24) is 5.32 Å². The van der Waals surface area contributed by atoms with E-state index in [0.29, 0.717) is 22.2 Å². The SMILES string of the molecule is COc1ccc(C2(NC(=O)Nc3c(C)cc(C)cc3Cl)CC2)cc1OC. The summed E-state index contributed by atoms with van der Waals surface area (Å²) in [4.78, 5) is 12.6. The van der Waals surface area contributed by atoms with E-state index in [9.17, 15) is 4.79 Å². The zero-order valence-corrected chi connectivity index (χ0v) is 16.2. The Morgan fingerprint density at radius 1 is 1.08 bits per heavy atom. The minimum absolute atomic E-state index is 0.272. The van der Waals surface area contributed by atoms with Crippen molar-refractivity contribution in [2.24, 2.45) is 0 Å². The van der Waals surface area contributed by atoms with Crippen LogP contribution in [0.4, 0.5) is 10.5 Å². The van der Waals surface area contributed by atoms with Crippen LogP contribution in [0.5, 0.6) is 11.5 Å². The minimum atomic E-state index is -0.380. The van der Waals surface area contributed by atoms with Gasteiger partial charge in [-0.05, 0) is 61.6 Å². The van der Waals surface area contributed by atoms with Crippen molar-refractivity contribution in [2.45, 2.75) is 32.2 Å². The fraction of sp³-hybridized carbons (Fsp3) is 0.350. The summed E-state index contributed by atoms with van der Waals surface area (Å²) in [6.45, 7) is 3.90. The predicted octanol–water partition coefficient (Wildman–Crippen LogP) is 4.78. The van der Waals surface area contributed by atoms with E-state index >= 15 is 0 Å². The van der Waals surface area contributed by atoms with E-state index in [0.717, 1.165) is 29.5 Å². The van der Waals surface area contributed by atoms with Crippen molar-refractivity contribution in [3.8, 4) is 11.5 Å². The first-order chi connectivity index (χ1) is 12.4. The van der Waals surface area contributed by atoms with Crippen LogP contribution in [0.15, 0.2) is 30.3 Å². The first kappa shape index (κ1) is 18.4. The largest absolute Gasteiger partial charge is 0.493 e. The monoisotopic (exact) mass is 374 g/mol. The maximum absolute atomic E-state index is 12.6. The van der Waals surface area contributed by atoms with Gasteiger partial charge in [-0.15, -0.1) is 0 Å². The molecule has 0 aliphatic heterocycles. The summed E-state index contributed by atoms with van der Waals surface area (Å²) in [7, 11) is 3.20.